The van der Waals surface area contributed by atoms with Crippen LogP contribution in [0.4, 0.5) is 4.79 Å². The van der Waals surface area contributed by atoms with E-state index in [9.17, 15) is 24.0 Å². The fraction of sp³-hybridized carbons (Fsp3) is 0.356. The van der Waals surface area contributed by atoms with Crippen LogP contribution in [-0.2, 0) is 32.1 Å². The molecule has 55 heavy (non-hydrogen) atoms. The van der Waals surface area contributed by atoms with Crippen molar-refractivity contribution in [3.05, 3.63) is 143 Å². The van der Waals surface area contributed by atoms with Crippen LogP contribution in [0.1, 0.15) is 91.4 Å². The number of nitrogens with one attached hydrogen (secondary N) is 3. The van der Waals surface area contributed by atoms with Crippen molar-refractivity contribution < 1.29 is 28.7 Å². The molecule has 10 nitrogen and oxygen atoms in total. The number of fused-ring (bicyclic) bond motifs is 1. The van der Waals surface area contributed by atoms with Gasteiger partial charge in [-0.1, -0.05) is 115 Å². The average Bonchev–Trinajstić information content (AvgIpc) is 3.19. The van der Waals surface area contributed by atoms with Gasteiger partial charge in [-0.15, -0.1) is 0 Å². The third-order valence-electron chi connectivity index (χ3n) is 9.64. The summed E-state index contributed by atoms with van der Waals surface area (Å²) in [6.07, 6.45) is 1.10. The third-order valence-corrected chi connectivity index (χ3v) is 9.64. The molecule has 0 aliphatic carbocycles. The first-order chi connectivity index (χ1) is 26.5. The first-order valence-corrected chi connectivity index (χ1v) is 19.1. The van der Waals surface area contributed by atoms with Crippen molar-refractivity contribution in [2.45, 2.75) is 89.4 Å². The van der Waals surface area contributed by atoms with Crippen LogP contribution in [0.15, 0.2) is 115 Å². The monoisotopic (exact) mass is 744 g/mol. The van der Waals surface area contributed by atoms with Crippen molar-refractivity contribution in [3.8, 4) is 0 Å². The minimum Gasteiger partial charge on any atom is -0.444 e. The van der Waals surface area contributed by atoms with Crippen LogP contribution in [0, 0.1) is 0 Å². The number of benzene rings is 4. The molecule has 4 aromatic rings. The number of unbranched alkanes of at least 4 members (excludes halogenated alkanes) is 1. The number of carbonyl (C=O) groups is 5. The van der Waals surface area contributed by atoms with Crippen LogP contribution in [-0.4, -0.2) is 65.3 Å². The SMILES string of the molecule is CC(C)(C)OC(=O)NCCCC[C@H](NC(=O)[C@@H]1Cc2ccccc2CN1C(=O)CCC(=O)c1ccccc1)C(=O)NCC(c1ccccc1)c1ccccc1. The minimum absolute atomic E-state index is 0.0156. The highest BCUT2D eigenvalue weighted by molar-refractivity contribution is 5.98. The van der Waals surface area contributed by atoms with Crippen molar-refractivity contribution in [2.75, 3.05) is 13.1 Å². The van der Waals surface area contributed by atoms with E-state index in [1.807, 2.05) is 91.0 Å². The standard InChI is InChI=1S/C45H52N4O6/c1-45(2,3)55-44(54)46-28-16-15-25-38(42(52)47-30-37(32-17-7-4-8-18-32)33-19-9-5-10-20-33)48-43(53)39-29-35-23-13-14-24-36(35)31-49(39)41(51)27-26-40(50)34-21-11-6-12-22-34/h4-14,17-24,37-39H,15-16,25-31H2,1-3H3,(H,46,54)(H,47,52)(H,48,53)/t38-,39-/m0/s1. The van der Waals surface area contributed by atoms with E-state index in [0.717, 1.165) is 22.3 Å². The molecule has 288 valence electrons. The van der Waals surface area contributed by atoms with E-state index in [1.54, 1.807) is 45.0 Å². The molecule has 5 rings (SSSR count). The van der Waals surface area contributed by atoms with E-state index in [0.29, 0.717) is 37.9 Å². The van der Waals surface area contributed by atoms with Crippen LogP contribution < -0.4 is 16.0 Å². The molecule has 1 aliphatic rings. The van der Waals surface area contributed by atoms with Gasteiger partial charge in [0.1, 0.15) is 17.7 Å². The number of nitrogens with zero attached hydrogens (tertiary/aromatic N) is 1. The number of ketones is 1. The van der Waals surface area contributed by atoms with Crippen LogP contribution >= 0.6 is 0 Å². The number of ether oxygens (including phenoxy) is 1. The average molecular weight is 745 g/mol. The van der Waals surface area contributed by atoms with Gasteiger partial charge in [-0.05, 0) is 62.3 Å². The van der Waals surface area contributed by atoms with Crippen molar-refractivity contribution in [1.29, 1.82) is 0 Å². The zero-order valence-electron chi connectivity index (χ0n) is 32.0. The Balaban J connectivity index is 1.31. The number of amides is 4. The van der Waals surface area contributed by atoms with Gasteiger partial charge in [-0.3, -0.25) is 19.2 Å². The van der Waals surface area contributed by atoms with Gasteiger partial charge in [-0.2, -0.15) is 0 Å². The molecule has 0 aromatic heterocycles. The molecular weight excluding hydrogens is 693 g/mol. The highest BCUT2D eigenvalue weighted by Crippen LogP contribution is 2.26. The summed E-state index contributed by atoms with van der Waals surface area (Å²) >= 11 is 0. The molecule has 0 spiro atoms. The topological polar surface area (TPSA) is 134 Å². The zero-order chi connectivity index (χ0) is 39.2. The quantitative estimate of drug-likeness (QED) is 0.0861. The zero-order valence-corrected chi connectivity index (χ0v) is 32.0. The molecule has 4 amide bonds. The lowest BCUT2D eigenvalue weighted by molar-refractivity contribution is -0.142. The summed E-state index contributed by atoms with van der Waals surface area (Å²) in [6.45, 7) is 6.24. The van der Waals surface area contributed by atoms with Crippen molar-refractivity contribution >= 4 is 29.6 Å². The van der Waals surface area contributed by atoms with Gasteiger partial charge in [0.05, 0.1) is 0 Å². The van der Waals surface area contributed by atoms with Crippen LogP contribution in [0.25, 0.3) is 0 Å². The molecule has 0 saturated carbocycles. The Hall–Kier alpha value is -5.77. The molecule has 0 unspecified atom stereocenters. The summed E-state index contributed by atoms with van der Waals surface area (Å²) in [4.78, 5) is 68.7. The van der Waals surface area contributed by atoms with Gasteiger partial charge < -0.3 is 25.6 Å². The summed E-state index contributed by atoms with van der Waals surface area (Å²) in [5, 5.41) is 8.86. The van der Waals surface area contributed by atoms with Gasteiger partial charge in [-0.25, -0.2) is 4.79 Å². The first kappa shape index (κ1) is 40.4. The number of hydrogen-bond acceptors (Lipinski definition) is 6. The fourth-order valence-corrected chi connectivity index (χ4v) is 6.79. The number of alkyl carbamates (subject to hydrolysis) is 1. The summed E-state index contributed by atoms with van der Waals surface area (Å²) in [6, 6.07) is 34.6. The molecule has 0 bridgehead atoms. The van der Waals surface area contributed by atoms with E-state index in [-0.39, 0.29) is 49.3 Å². The highest BCUT2D eigenvalue weighted by atomic mass is 16.6. The number of Topliss-reactive ketones (excluding diaryl/α,β-unsaturated/α-hetero) is 1. The van der Waals surface area contributed by atoms with Gasteiger partial charge in [0.25, 0.3) is 0 Å². The van der Waals surface area contributed by atoms with E-state index in [2.05, 4.69) is 16.0 Å². The molecule has 0 radical (unpaired) electrons. The molecule has 0 saturated heterocycles. The molecule has 1 aliphatic heterocycles. The Labute approximate surface area is 324 Å². The third kappa shape index (κ3) is 12.1. The Morgan fingerprint density at radius 1 is 0.727 bits per heavy atom. The van der Waals surface area contributed by atoms with Crippen molar-refractivity contribution in [1.82, 2.24) is 20.9 Å². The van der Waals surface area contributed by atoms with E-state index >= 15 is 0 Å². The lowest BCUT2D eigenvalue weighted by atomic mass is 9.91. The second-order valence-corrected chi connectivity index (χ2v) is 14.9. The molecule has 10 heteroatoms. The molecule has 3 N–H and O–H groups in total. The van der Waals surface area contributed by atoms with E-state index in [4.69, 9.17) is 4.74 Å². The first-order valence-electron chi connectivity index (χ1n) is 19.1. The highest BCUT2D eigenvalue weighted by Gasteiger charge is 2.36. The second kappa shape index (κ2) is 19.5. The van der Waals surface area contributed by atoms with Crippen molar-refractivity contribution in [2.24, 2.45) is 0 Å². The maximum atomic E-state index is 14.3. The van der Waals surface area contributed by atoms with Gasteiger partial charge in [0.15, 0.2) is 5.78 Å². The normalized spacial score (nSPS) is 14.3. The number of rotatable bonds is 16. The van der Waals surface area contributed by atoms with Crippen LogP contribution in [0.5, 0.6) is 0 Å². The largest absolute Gasteiger partial charge is 0.444 e. The predicted octanol–water partition coefficient (Wildman–Crippen LogP) is 6.73. The van der Waals surface area contributed by atoms with E-state index in [1.165, 1.54) is 4.90 Å². The summed E-state index contributed by atoms with van der Waals surface area (Å²) in [5.74, 6) is -1.35. The summed E-state index contributed by atoms with van der Waals surface area (Å²) < 4.78 is 5.34. The van der Waals surface area contributed by atoms with Gasteiger partial charge >= 0.3 is 6.09 Å². The van der Waals surface area contributed by atoms with Crippen LogP contribution in [0.2, 0.25) is 0 Å². The molecular formula is C45H52N4O6. The predicted molar refractivity (Wildman–Crippen MR) is 212 cm³/mol. The Morgan fingerprint density at radius 2 is 1.31 bits per heavy atom. The molecule has 0 fully saturated rings. The van der Waals surface area contributed by atoms with E-state index < -0.39 is 29.7 Å². The Kier molecular flexibility index (Phi) is 14.3. The number of carbonyl (C=O) groups excluding carboxylic acids is 5. The van der Waals surface area contributed by atoms with Crippen LogP contribution in [0.3, 0.4) is 0 Å². The van der Waals surface area contributed by atoms with Crippen molar-refractivity contribution in [3.63, 3.8) is 0 Å². The molecule has 1 heterocycles. The number of hydrogen-bond donors (Lipinski definition) is 3. The molecule has 2 atom stereocenters. The minimum atomic E-state index is -0.907. The Morgan fingerprint density at radius 3 is 1.93 bits per heavy atom. The summed E-state index contributed by atoms with van der Waals surface area (Å²) in [5.41, 5.74) is 3.89. The summed E-state index contributed by atoms with van der Waals surface area (Å²) in [7, 11) is 0. The maximum absolute atomic E-state index is 14.3. The Bertz CT molecular complexity index is 1860. The second-order valence-electron chi connectivity index (χ2n) is 14.9. The van der Waals surface area contributed by atoms with Gasteiger partial charge in [0, 0.05) is 50.4 Å². The maximum Gasteiger partial charge on any atom is 0.407 e. The van der Waals surface area contributed by atoms with Gasteiger partial charge in [0.2, 0.25) is 17.7 Å². The fourth-order valence-electron chi connectivity index (χ4n) is 6.79. The lowest BCUT2D eigenvalue weighted by Gasteiger charge is -2.37. The molecule has 4 aromatic carbocycles. The smallest absolute Gasteiger partial charge is 0.407 e. The lowest BCUT2D eigenvalue weighted by Crippen LogP contribution is -2.57.